The van der Waals surface area contributed by atoms with Gasteiger partial charge in [-0.3, -0.25) is 5.43 Å². The molecular formula is C14H16FN3OS. The minimum absolute atomic E-state index is 0.311. The van der Waals surface area contributed by atoms with Gasteiger partial charge in [0.05, 0.1) is 12.3 Å². The van der Waals surface area contributed by atoms with Gasteiger partial charge in [0.15, 0.2) is 5.11 Å². The number of thiocarbonyl (C=S) groups is 1. The van der Waals surface area contributed by atoms with Crippen molar-refractivity contribution in [3.63, 3.8) is 0 Å². The van der Waals surface area contributed by atoms with Crippen molar-refractivity contribution in [3.05, 3.63) is 42.2 Å². The van der Waals surface area contributed by atoms with Crippen LogP contribution in [0.25, 0.3) is 0 Å². The highest BCUT2D eigenvalue weighted by molar-refractivity contribution is 7.80. The van der Waals surface area contributed by atoms with E-state index in [0.717, 1.165) is 12.1 Å². The molecule has 0 spiro atoms. The molecule has 0 aromatic heterocycles. The van der Waals surface area contributed by atoms with E-state index in [1.807, 2.05) is 0 Å². The third-order valence-electron chi connectivity index (χ3n) is 2.77. The first-order chi connectivity index (χ1) is 9.70. The maximum atomic E-state index is 13.4. The van der Waals surface area contributed by atoms with Gasteiger partial charge in [-0.05, 0) is 43.3 Å². The summed E-state index contributed by atoms with van der Waals surface area (Å²) in [5, 5.41) is 7.58. The number of rotatable bonds is 3. The van der Waals surface area contributed by atoms with Gasteiger partial charge in [0, 0.05) is 12.1 Å². The molecule has 106 valence electrons. The van der Waals surface area contributed by atoms with Crippen molar-refractivity contribution in [2.24, 2.45) is 5.10 Å². The van der Waals surface area contributed by atoms with E-state index in [9.17, 15) is 4.39 Å². The average Bonchev–Trinajstić information content (AvgIpc) is 2.64. The molecular weight excluding hydrogens is 277 g/mol. The maximum absolute atomic E-state index is 13.4. The van der Waals surface area contributed by atoms with Crippen LogP contribution in [0.3, 0.4) is 0 Å². The Morgan fingerprint density at radius 3 is 3.20 bits per heavy atom. The summed E-state index contributed by atoms with van der Waals surface area (Å²) in [7, 11) is 0. The van der Waals surface area contributed by atoms with Crippen LogP contribution in [0.2, 0.25) is 0 Å². The summed E-state index contributed by atoms with van der Waals surface area (Å²) in [5.41, 5.74) is 4.16. The summed E-state index contributed by atoms with van der Waals surface area (Å²) in [6.45, 7) is 4.75. The molecule has 1 aromatic carbocycles. The van der Waals surface area contributed by atoms with Gasteiger partial charge in [-0.15, -0.1) is 6.58 Å². The van der Waals surface area contributed by atoms with Crippen molar-refractivity contribution in [2.45, 2.75) is 12.8 Å². The van der Waals surface area contributed by atoms with Gasteiger partial charge >= 0.3 is 0 Å². The maximum Gasteiger partial charge on any atom is 0.187 e. The molecule has 4 nitrogen and oxygen atoms in total. The van der Waals surface area contributed by atoms with Gasteiger partial charge in [0.1, 0.15) is 11.6 Å². The standard InChI is InChI=1S/C14H16FN3OS/c1-2-7-16-14(20)18-17-12-4-3-8-19-13-6-5-10(15)9-11(12)13/h2,5-6,9H,1,3-4,7-8H2,(H2,16,18,20)/b17-12+. The predicted molar refractivity (Wildman–Crippen MR) is 81.6 cm³/mol. The number of nitrogens with zero attached hydrogens (tertiary/aromatic N) is 1. The lowest BCUT2D eigenvalue weighted by Gasteiger charge is -2.09. The van der Waals surface area contributed by atoms with Crippen LogP contribution in [0.15, 0.2) is 36.0 Å². The third-order valence-corrected chi connectivity index (χ3v) is 3.00. The lowest BCUT2D eigenvalue weighted by atomic mass is 10.1. The first-order valence-corrected chi connectivity index (χ1v) is 6.75. The summed E-state index contributed by atoms with van der Waals surface area (Å²) < 4.78 is 19.0. The largest absolute Gasteiger partial charge is 0.493 e. The summed E-state index contributed by atoms with van der Waals surface area (Å²) in [6.07, 6.45) is 3.22. The molecule has 1 aliphatic rings. The van der Waals surface area contributed by atoms with Gasteiger partial charge in [-0.25, -0.2) is 4.39 Å². The van der Waals surface area contributed by atoms with Crippen LogP contribution in [0, 0.1) is 5.82 Å². The number of hydrogen-bond acceptors (Lipinski definition) is 3. The highest BCUT2D eigenvalue weighted by Crippen LogP contribution is 2.25. The topological polar surface area (TPSA) is 45.7 Å². The van der Waals surface area contributed by atoms with Crippen LogP contribution in [0.1, 0.15) is 18.4 Å². The number of benzene rings is 1. The van der Waals surface area contributed by atoms with Crippen molar-refractivity contribution < 1.29 is 9.13 Å². The normalized spacial score (nSPS) is 15.8. The van der Waals surface area contributed by atoms with E-state index in [1.54, 1.807) is 12.1 Å². The summed E-state index contributed by atoms with van der Waals surface area (Å²) >= 11 is 5.06. The third kappa shape index (κ3) is 3.77. The molecule has 20 heavy (non-hydrogen) atoms. The highest BCUT2D eigenvalue weighted by Gasteiger charge is 2.16. The summed E-state index contributed by atoms with van der Waals surface area (Å²) in [4.78, 5) is 0. The SMILES string of the molecule is C=CCNC(=S)N/N=C1\CCCOc2ccc(F)cc21. The van der Waals surface area contributed by atoms with Crippen molar-refractivity contribution in [1.82, 2.24) is 10.7 Å². The van der Waals surface area contributed by atoms with E-state index < -0.39 is 0 Å². The van der Waals surface area contributed by atoms with Crippen molar-refractivity contribution >= 4 is 23.0 Å². The second kappa shape index (κ2) is 7.00. The Morgan fingerprint density at radius 1 is 1.55 bits per heavy atom. The molecule has 0 amide bonds. The fourth-order valence-electron chi connectivity index (χ4n) is 1.85. The fourth-order valence-corrected chi connectivity index (χ4v) is 1.98. The zero-order valence-electron chi connectivity index (χ0n) is 11.0. The smallest absolute Gasteiger partial charge is 0.187 e. The van der Waals surface area contributed by atoms with Crippen LogP contribution in [0.4, 0.5) is 4.39 Å². The van der Waals surface area contributed by atoms with Crippen LogP contribution in [-0.2, 0) is 0 Å². The Balaban J connectivity index is 2.17. The molecule has 6 heteroatoms. The number of nitrogens with one attached hydrogen (secondary N) is 2. The lowest BCUT2D eigenvalue weighted by molar-refractivity contribution is 0.317. The quantitative estimate of drug-likeness (QED) is 0.510. The Bertz CT molecular complexity index is 545. The molecule has 0 fully saturated rings. The van der Waals surface area contributed by atoms with Crippen LogP contribution in [-0.4, -0.2) is 24.0 Å². The Morgan fingerprint density at radius 2 is 2.40 bits per heavy atom. The second-order valence-corrected chi connectivity index (χ2v) is 4.67. The number of halogens is 1. The number of hydrogen-bond donors (Lipinski definition) is 2. The Kier molecular flexibility index (Phi) is 5.06. The zero-order chi connectivity index (χ0) is 14.4. The summed E-state index contributed by atoms with van der Waals surface area (Å²) in [5.74, 6) is 0.337. The molecule has 1 aliphatic heterocycles. The highest BCUT2D eigenvalue weighted by atomic mass is 32.1. The number of fused-ring (bicyclic) bond motifs is 1. The summed E-state index contributed by atoms with van der Waals surface area (Å²) in [6, 6.07) is 4.44. The van der Waals surface area contributed by atoms with Gasteiger partial charge in [-0.2, -0.15) is 5.10 Å². The van der Waals surface area contributed by atoms with E-state index in [4.69, 9.17) is 17.0 Å². The average molecular weight is 293 g/mol. The van der Waals surface area contributed by atoms with E-state index in [2.05, 4.69) is 22.4 Å². The molecule has 1 heterocycles. The molecule has 1 aromatic rings. The Hall–Kier alpha value is -1.95. The molecule has 2 rings (SSSR count). The van der Waals surface area contributed by atoms with Crippen molar-refractivity contribution in [2.75, 3.05) is 13.2 Å². The van der Waals surface area contributed by atoms with E-state index in [0.29, 0.717) is 36.0 Å². The fraction of sp³-hybridized carbons (Fsp3) is 0.286. The van der Waals surface area contributed by atoms with Gasteiger partial charge < -0.3 is 10.1 Å². The van der Waals surface area contributed by atoms with Crippen LogP contribution >= 0.6 is 12.2 Å². The molecule has 2 N–H and O–H groups in total. The van der Waals surface area contributed by atoms with E-state index in [-0.39, 0.29) is 5.82 Å². The zero-order valence-corrected chi connectivity index (χ0v) is 11.8. The molecule has 0 saturated heterocycles. The lowest BCUT2D eigenvalue weighted by Crippen LogP contribution is -2.32. The van der Waals surface area contributed by atoms with Gasteiger partial charge in [0.2, 0.25) is 0 Å². The number of ether oxygens (including phenoxy) is 1. The van der Waals surface area contributed by atoms with Crippen LogP contribution in [0.5, 0.6) is 5.75 Å². The first kappa shape index (κ1) is 14.5. The minimum Gasteiger partial charge on any atom is -0.493 e. The molecule has 0 bridgehead atoms. The van der Waals surface area contributed by atoms with Crippen LogP contribution < -0.4 is 15.5 Å². The predicted octanol–water partition coefficient (Wildman–Crippen LogP) is 2.35. The van der Waals surface area contributed by atoms with Gasteiger partial charge in [0.25, 0.3) is 0 Å². The van der Waals surface area contributed by atoms with E-state index >= 15 is 0 Å². The molecule has 0 unspecified atom stereocenters. The monoisotopic (exact) mass is 293 g/mol. The second-order valence-electron chi connectivity index (χ2n) is 4.26. The van der Waals surface area contributed by atoms with Crippen molar-refractivity contribution in [1.29, 1.82) is 0 Å². The molecule has 0 saturated carbocycles. The minimum atomic E-state index is -0.311. The number of hydrazone groups is 1. The van der Waals surface area contributed by atoms with E-state index in [1.165, 1.54) is 12.1 Å². The first-order valence-electron chi connectivity index (χ1n) is 6.34. The van der Waals surface area contributed by atoms with Crippen molar-refractivity contribution in [3.8, 4) is 5.75 Å². The Labute approximate surface area is 122 Å². The molecule has 0 atom stereocenters. The van der Waals surface area contributed by atoms with Gasteiger partial charge in [-0.1, -0.05) is 6.08 Å². The molecule has 0 radical (unpaired) electrons. The molecule has 0 aliphatic carbocycles.